The van der Waals surface area contributed by atoms with E-state index in [0.717, 1.165) is 62.5 Å². The van der Waals surface area contributed by atoms with Crippen LogP contribution in [-0.4, -0.2) is 63.7 Å². The number of carbonyl (C=O) groups is 1. The number of anilines is 2. The summed E-state index contributed by atoms with van der Waals surface area (Å²) in [6.07, 6.45) is 9.28. The second kappa shape index (κ2) is 11.3. The Labute approximate surface area is 224 Å². The molecule has 0 bridgehead atoms. The van der Waals surface area contributed by atoms with Crippen molar-refractivity contribution in [2.75, 3.05) is 43.0 Å². The average molecular weight is 551 g/mol. The fourth-order valence-corrected chi connectivity index (χ4v) is 7.07. The zero-order chi connectivity index (χ0) is 25.1. The van der Waals surface area contributed by atoms with Crippen LogP contribution in [0, 0.1) is 5.41 Å². The number of nitrogens with zero attached hydrogens (tertiary/aromatic N) is 4. The lowest BCUT2D eigenvalue weighted by atomic mass is 9.77. The number of halogens is 1. The Balaban J connectivity index is 1.16. The van der Waals surface area contributed by atoms with E-state index in [4.69, 9.17) is 16.3 Å². The van der Waals surface area contributed by atoms with E-state index < -0.39 is 17.6 Å². The third-order valence-electron chi connectivity index (χ3n) is 7.06. The topological polar surface area (TPSA) is 106 Å². The highest BCUT2D eigenvalue weighted by molar-refractivity contribution is 7.99. The third kappa shape index (κ3) is 6.03. The van der Waals surface area contributed by atoms with Crippen LogP contribution < -0.4 is 14.9 Å². The molecular formula is C24H31ClN6O3S2. The van der Waals surface area contributed by atoms with Crippen LogP contribution in [0.15, 0.2) is 40.5 Å². The first-order valence-corrected chi connectivity index (χ1v) is 14.6. The minimum absolute atomic E-state index is 0.328. The van der Waals surface area contributed by atoms with Gasteiger partial charge < -0.3 is 19.5 Å². The van der Waals surface area contributed by atoms with Gasteiger partial charge in [0.05, 0.1) is 35.8 Å². The summed E-state index contributed by atoms with van der Waals surface area (Å²) in [6.45, 7) is 6.38. The molecule has 9 nitrogen and oxygen atoms in total. The number of piperidine rings is 1. The summed E-state index contributed by atoms with van der Waals surface area (Å²) >= 11 is 6.40. The Morgan fingerprint density at radius 1 is 1.22 bits per heavy atom. The second-order valence-electron chi connectivity index (χ2n) is 9.69. The maximum Gasteiger partial charge on any atom is 0.362 e. The van der Waals surface area contributed by atoms with E-state index in [2.05, 4.69) is 31.8 Å². The Hall–Kier alpha value is -1.76. The molecular weight excluding hydrogens is 520 g/mol. The largest absolute Gasteiger partial charge is 0.573 e. The number of amides is 2. The van der Waals surface area contributed by atoms with Crippen LogP contribution in [0.25, 0.3) is 0 Å². The van der Waals surface area contributed by atoms with Gasteiger partial charge in [0.2, 0.25) is 0 Å². The number of aromatic nitrogens is 2. The van der Waals surface area contributed by atoms with E-state index in [-0.39, 0.29) is 0 Å². The van der Waals surface area contributed by atoms with Gasteiger partial charge in [-0.2, -0.15) is 0 Å². The van der Waals surface area contributed by atoms with Crippen molar-refractivity contribution in [2.45, 2.75) is 55.1 Å². The molecule has 0 radical (unpaired) electrons. The number of rotatable bonds is 6. The van der Waals surface area contributed by atoms with Crippen molar-refractivity contribution < 1.29 is 14.1 Å². The van der Waals surface area contributed by atoms with Gasteiger partial charge in [-0.25, -0.2) is 14.8 Å². The molecule has 2 atom stereocenters. The molecule has 2 N–H and O–H groups in total. The summed E-state index contributed by atoms with van der Waals surface area (Å²) in [5.41, 5.74) is 0.768. The van der Waals surface area contributed by atoms with Crippen LogP contribution in [0.1, 0.15) is 39.0 Å². The van der Waals surface area contributed by atoms with E-state index in [1.807, 2.05) is 12.3 Å². The molecule has 5 rings (SSSR count). The van der Waals surface area contributed by atoms with Crippen molar-refractivity contribution in [1.29, 1.82) is 0 Å². The fraction of sp³-hybridized carbons (Fsp3) is 0.542. The molecule has 1 unspecified atom stereocenters. The lowest BCUT2D eigenvalue weighted by molar-refractivity contribution is 0.0976. The highest BCUT2D eigenvalue weighted by atomic mass is 35.5. The number of nitrogens with one attached hydrogen (secondary N) is 2. The van der Waals surface area contributed by atoms with E-state index in [1.165, 1.54) is 11.8 Å². The first kappa shape index (κ1) is 25.9. The normalized spacial score (nSPS) is 22.6. The van der Waals surface area contributed by atoms with Gasteiger partial charge in [-0.3, -0.25) is 0 Å². The molecule has 4 heterocycles. The SMILES string of the molecule is C[C@H]1CC2(CCN(c3cnc(Sc4cccc(NC(=O)N[S+]([O-])N5CCCC5)c4Cl)cn3)CC2)CO1. The second-order valence-corrected chi connectivity index (χ2v) is 12.3. The van der Waals surface area contributed by atoms with Gasteiger partial charge in [0.25, 0.3) is 0 Å². The summed E-state index contributed by atoms with van der Waals surface area (Å²) in [6, 6.07) is 4.82. The average Bonchev–Trinajstić information content (AvgIpc) is 3.53. The van der Waals surface area contributed by atoms with E-state index in [1.54, 1.807) is 22.6 Å². The molecule has 1 aromatic heterocycles. The summed E-state index contributed by atoms with van der Waals surface area (Å²) in [5, 5.41) is 3.80. The first-order valence-electron chi connectivity index (χ1n) is 12.3. The highest BCUT2D eigenvalue weighted by Gasteiger charge is 2.41. The number of benzene rings is 1. The van der Waals surface area contributed by atoms with E-state index in [0.29, 0.717) is 40.3 Å². The van der Waals surface area contributed by atoms with Gasteiger partial charge >= 0.3 is 6.03 Å². The van der Waals surface area contributed by atoms with Crippen molar-refractivity contribution in [3.8, 4) is 0 Å². The molecule has 3 saturated heterocycles. The van der Waals surface area contributed by atoms with Crippen LogP contribution in [0.5, 0.6) is 0 Å². The first-order chi connectivity index (χ1) is 17.4. The molecule has 1 spiro atoms. The van der Waals surface area contributed by atoms with Crippen LogP contribution in [0.2, 0.25) is 5.02 Å². The van der Waals surface area contributed by atoms with E-state index >= 15 is 0 Å². The molecule has 194 valence electrons. The number of carbonyl (C=O) groups excluding carboxylic acids is 1. The number of hydrogen-bond acceptors (Lipinski definition) is 8. The molecule has 2 amide bonds. The Morgan fingerprint density at radius 3 is 2.67 bits per heavy atom. The third-order valence-corrected chi connectivity index (χ3v) is 9.76. The fourth-order valence-electron chi connectivity index (χ4n) is 5.08. The monoisotopic (exact) mass is 550 g/mol. The van der Waals surface area contributed by atoms with Gasteiger partial charge in [-0.05, 0) is 56.6 Å². The maximum atomic E-state index is 12.3. The van der Waals surface area contributed by atoms with Crippen LogP contribution >= 0.6 is 23.4 Å². The van der Waals surface area contributed by atoms with Gasteiger partial charge in [0.15, 0.2) is 11.5 Å². The molecule has 3 aliphatic rings. The zero-order valence-corrected chi connectivity index (χ0v) is 22.6. The Morgan fingerprint density at radius 2 is 2.00 bits per heavy atom. The lowest BCUT2D eigenvalue weighted by Gasteiger charge is -2.38. The highest BCUT2D eigenvalue weighted by Crippen LogP contribution is 2.42. The van der Waals surface area contributed by atoms with Crippen LogP contribution in [0.4, 0.5) is 16.3 Å². The maximum absolute atomic E-state index is 12.3. The predicted octanol–water partition coefficient (Wildman–Crippen LogP) is 4.47. The lowest BCUT2D eigenvalue weighted by Crippen LogP contribution is -2.43. The van der Waals surface area contributed by atoms with Gasteiger partial charge in [0, 0.05) is 31.1 Å². The molecule has 36 heavy (non-hydrogen) atoms. The van der Waals surface area contributed by atoms with Crippen molar-refractivity contribution in [3.63, 3.8) is 0 Å². The summed E-state index contributed by atoms with van der Waals surface area (Å²) in [7, 11) is 0. The van der Waals surface area contributed by atoms with Crippen molar-refractivity contribution in [2.24, 2.45) is 5.41 Å². The number of urea groups is 1. The van der Waals surface area contributed by atoms with E-state index in [9.17, 15) is 9.35 Å². The van der Waals surface area contributed by atoms with Crippen molar-refractivity contribution in [1.82, 2.24) is 19.0 Å². The summed E-state index contributed by atoms with van der Waals surface area (Å²) in [5.74, 6) is 0.880. The molecule has 2 aromatic rings. The van der Waals surface area contributed by atoms with Gasteiger partial charge in [-0.1, -0.05) is 29.4 Å². The molecule has 0 saturated carbocycles. The quantitative estimate of drug-likeness (QED) is 0.507. The molecule has 3 fully saturated rings. The number of ether oxygens (including phenoxy) is 1. The smallest absolute Gasteiger partial charge is 0.362 e. The molecule has 3 aliphatic heterocycles. The zero-order valence-electron chi connectivity index (χ0n) is 20.2. The van der Waals surface area contributed by atoms with Crippen LogP contribution in [-0.2, 0) is 16.3 Å². The summed E-state index contributed by atoms with van der Waals surface area (Å²) < 4.78 is 22.3. The summed E-state index contributed by atoms with van der Waals surface area (Å²) in [4.78, 5) is 24.6. The molecule has 0 aliphatic carbocycles. The Kier molecular flexibility index (Phi) is 8.14. The van der Waals surface area contributed by atoms with Gasteiger partial charge in [0.1, 0.15) is 10.8 Å². The Bertz CT molecular complexity index is 1060. The molecule has 12 heteroatoms. The van der Waals surface area contributed by atoms with Crippen LogP contribution in [0.3, 0.4) is 0 Å². The predicted molar refractivity (Wildman–Crippen MR) is 143 cm³/mol. The van der Waals surface area contributed by atoms with Crippen molar-refractivity contribution in [3.05, 3.63) is 35.6 Å². The number of hydrogen-bond donors (Lipinski definition) is 2. The minimum Gasteiger partial charge on any atom is -0.573 e. The minimum atomic E-state index is -1.56. The molecule has 1 aromatic carbocycles. The standard InChI is InChI=1S/C24H31ClN6O3S2/c1-17-13-24(16-34-17)7-11-30(12-8-24)20-14-27-21(15-26-20)35-19-6-4-5-18(22(19)25)28-23(32)29-36(33)31-9-2-3-10-31/h4-6,14-15,17H,2-3,7-13,16H2,1H3,(H2,28,29,32)/t17-,36?/m0/s1. The van der Waals surface area contributed by atoms with Gasteiger partial charge in [-0.15, -0.1) is 9.03 Å². The van der Waals surface area contributed by atoms with Crippen molar-refractivity contribution >= 4 is 52.4 Å².